The maximum atomic E-state index is 13.0. The van der Waals surface area contributed by atoms with Crippen LogP contribution in [0.1, 0.15) is 37.8 Å². The second-order valence-electron chi connectivity index (χ2n) is 6.99. The first-order valence-electron chi connectivity index (χ1n) is 9.41. The monoisotopic (exact) mass is 436 g/mol. The van der Waals surface area contributed by atoms with Gasteiger partial charge in [0.2, 0.25) is 5.91 Å². The van der Waals surface area contributed by atoms with Crippen LogP contribution in [-0.4, -0.2) is 36.4 Å². The van der Waals surface area contributed by atoms with Gasteiger partial charge in [0, 0.05) is 29.2 Å². The normalized spacial score (nSPS) is 11.8. The van der Waals surface area contributed by atoms with Gasteiger partial charge >= 0.3 is 0 Å². The number of carbonyl (C=O) groups is 2. The van der Waals surface area contributed by atoms with E-state index in [1.165, 1.54) is 11.9 Å². The highest BCUT2D eigenvalue weighted by molar-refractivity contribution is 6.36. The third-order valence-electron chi connectivity index (χ3n) is 4.70. The number of hydrogen-bond donors (Lipinski definition) is 1. The van der Waals surface area contributed by atoms with Gasteiger partial charge in [-0.15, -0.1) is 0 Å². The summed E-state index contributed by atoms with van der Waals surface area (Å²) in [6, 6.07) is 12.0. The van der Waals surface area contributed by atoms with Crippen LogP contribution in [-0.2, 0) is 16.1 Å². The number of likely N-dealkylation sites (N-methyl/N-ethyl adjacent to an activating group) is 1. The lowest BCUT2D eigenvalue weighted by molar-refractivity contribution is -0.142. The summed E-state index contributed by atoms with van der Waals surface area (Å²) in [4.78, 5) is 26.7. The van der Waals surface area contributed by atoms with Crippen LogP contribution in [0.25, 0.3) is 0 Å². The standard InChI is InChI=1S/C22H26Cl2N2O3/c1-14(2)16-8-5-6-11-20(16)29-13-21(27)26(15(3)22(28)25-4)12-17-18(23)9-7-10-19(17)24/h5-11,14-15H,12-13H2,1-4H3,(H,25,28)/t15-/m0/s1. The zero-order valence-corrected chi connectivity index (χ0v) is 18.6. The lowest BCUT2D eigenvalue weighted by Gasteiger charge is -2.29. The van der Waals surface area contributed by atoms with Gasteiger partial charge in [-0.05, 0) is 36.6 Å². The Bertz CT molecular complexity index is 851. The second-order valence-corrected chi connectivity index (χ2v) is 7.81. The summed E-state index contributed by atoms with van der Waals surface area (Å²) in [6.07, 6.45) is 0. The highest BCUT2D eigenvalue weighted by Crippen LogP contribution is 2.28. The van der Waals surface area contributed by atoms with Crippen LogP contribution in [0.2, 0.25) is 10.0 Å². The predicted molar refractivity (Wildman–Crippen MR) is 117 cm³/mol. The van der Waals surface area contributed by atoms with Gasteiger partial charge in [0.05, 0.1) is 0 Å². The van der Waals surface area contributed by atoms with Crippen molar-refractivity contribution in [1.82, 2.24) is 10.2 Å². The second kappa shape index (κ2) is 10.5. The first kappa shape index (κ1) is 23.0. The van der Waals surface area contributed by atoms with E-state index in [9.17, 15) is 9.59 Å². The van der Waals surface area contributed by atoms with E-state index >= 15 is 0 Å². The largest absolute Gasteiger partial charge is 0.483 e. The van der Waals surface area contributed by atoms with Crippen LogP contribution in [0.5, 0.6) is 5.75 Å². The number of para-hydroxylation sites is 1. The Morgan fingerprint density at radius 2 is 1.66 bits per heavy atom. The quantitative estimate of drug-likeness (QED) is 0.654. The number of rotatable bonds is 8. The smallest absolute Gasteiger partial charge is 0.261 e. The first-order chi connectivity index (χ1) is 13.8. The molecule has 0 bridgehead atoms. The molecule has 0 unspecified atom stereocenters. The maximum Gasteiger partial charge on any atom is 0.261 e. The highest BCUT2D eigenvalue weighted by atomic mass is 35.5. The molecule has 0 aliphatic carbocycles. The van der Waals surface area contributed by atoms with Gasteiger partial charge in [-0.25, -0.2) is 0 Å². The van der Waals surface area contributed by atoms with Crippen LogP contribution in [0.15, 0.2) is 42.5 Å². The molecule has 2 aromatic rings. The molecule has 2 aromatic carbocycles. The summed E-state index contributed by atoms with van der Waals surface area (Å²) < 4.78 is 5.81. The van der Waals surface area contributed by atoms with Crippen molar-refractivity contribution in [2.75, 3.05) is 13.7 Å². The van der Waals surface area contributed by atoms with E-state index in [1.54, 1.807) is 25.1 Å². The molecule has 0 fully saturated rings. The molecule has 5 nitrogen and oxygen atoms in total. The van der Waals surface area contributed by atoms with Crippen molar-refractivity contribution in [2.24, 2.45) is 0 Å². The lowest BCUT2D eigenvalue weighted by atomic mass is 10.0. The topological polar surface area (TPSA) is 58.6 Å². The Kier molecular flexibility index (Phi) is 8.35. The zero-order chi connectivity index (χ0) is 21.6. The zero-order valence-electron chi connectivity index (χ0n) is 17.0. The van der Waals surface area contributed by atoms with Gasteiger partial charge in [0.1, 0.15) is 11.8 Å². The number of halogens is 2. The highest BCUT2D eigenvalue weighted by Gasteiger charge is 2.27. The molecule has 0 aromatic heterocycles. The number of benzene rings is 2. The van der Waals surface area contributed by atoms with E-state index < -0.39 is 6.04 Å². The molecule has 1 atom stereocenters. The van der Waals surface area contributed by atoms with Crippen molar-refractivity contribution in [2.45, 2.75) is 39.3 Å². The molecule has 0 saturated heterocycles. The molecule has 1 N–H and O–H groups in total. The van der Waals surface area contributed by atoms with Gasteiger partial charge in [-0.1, -0.05) is 61.3 Å². The van der Waals surface area contributed by atoms with Gasteiger partial charge in [0.25, 0.3) is 5.91 Å². The molecule has 0 saturated carbocycles. The molecule has 0 radical (unpaired) electrons. The Balaban J connectivity index is 2.24. The van der Waals surface area contributed by atoms with Crippen molar-refractivity contribution in [3.8, 4) is 5.75 Å². The minimum atomic E-state index is -0.719. The molecule has 0 aliphatic rings. The number of ether oxygens (including phenoxy) is 1. The first-order valence-corrected chi connectivity index (χ1v) is 10.2. The lowest BCUT2D eigenvalue weighted by Crippen LogP contribution is -2.48. The Hall–Kier alpha value is -2.24. The summed E-state index contributed by atoms with van der Waals surface area (Å²) in [6.45, 7) is 5.67. The van der Waals surface area contributed by atoms with Gasteiger partial charge in [0.15, 0.2) is 6.61 Å². The number of hydrogen-bond acceptors (Lipinski definition) is 3. The molecule has 0 heterocycles. The van der Waals surface area contributed by atoms with Crippen molar-refractivity contribution in [1.29, 1.82) is 0 Å². The fraction of sp³-hybridized carbons (Fsp3) is 0.364. The third-order valence-corrected chi connectivity index (χ3v) is 5.40. The Labute approximate surface area is 181 Å². The minimum absolute atomic E-state index is 0.0983. The van der Waals surface area contributed by atoms with E-state index in [0.717, 1.165) is 5.56 Å². The fourth-order valence-electron chi connectivity index (χ4n) is 2.96. The molecule has 29 heavy (non-hydrogen) atoms. The van der Waals surface area contributed by atoms with Crippen LogP contribution >= 0.6 is 23.2 Å². The van der Waals surface area contributed by atoms with Crippen LogP contribution in [0.3, 0.4) is 0 Å². The molecule has 156 valence electrons. The van der Waals surface area contributed by atoms with Gasteiger partial charge < -0.3 is 15.0 Å². The summed E-state index contributed by atoms with van der Waals surface area (Å²) >= 11 is 12.5. The van der Waals surface area contributed by atoms with Crippen LogP contribution in [0, 0.1) is 0 Å². The van der Waals surface area contributed by atoms with Crippen molar-refractivity contribution in [3.05, 3.63) is 63.6 Å². The Morgan fingerprint density at radius 3 is 2.24 bits per heavy atom. The van der Waals surface area contributed by atoms with E-state index in [2.05, 4.69) is 19.2 Å². The molecule has 2 amide bonds. The van der Waals surface area contributed by atoms with Crippen molar-refractivity contribution in [3.63, 3.8) is 0 Å². The van der Waals surface area contributed by atoms with E-state index in [-0.39, 0.29) is 30.9 Å². The molecular formula is C22H26Cl2N2O3. The molecular weight excluding hydrogens is 411 g/mol. The SMILES string of the molecule is CNC(=O)[C@H](C)N(Cc1c(Cl)cccc1Cl)C(=O)COc1ccccc1C(C)C. The van der Waals surface area contributed by atoms with Crippen molar-refractivity contribution < 1.29 is 14.3 Å². The minimum Gasteiger partial charge on any atom is -0.483 e. The molecule has 7 heteroatoms. The average Bonchev–Trinajstić information content (AvgIpc) is 2.70. The van der Waals surface area contributed by atoms with Crippen LogP contribution < -0.4 is 10.1 Å². The Morgan fingerprint density at radius 1 is 1.03 bits per heavy atom. The van der Waals surface area contributed by atoms with E-state index in [4.69, 9.17) is 27.9 Å². The summed E-state index contributed by atoms with van der Waals surface area (Å²) in [5, 5.41) is 3.44. The molecule has 2 rings (SSSR count). The molecule has 0 aliphatic heterocycles. The van der Waals surface area contributed by atoms with E-state index in [0.29, 0.717) is 21.4 Å². The number of carbonyl (C=O) groups excluding carboxylic acids is 2. The van der Waals surface area contributed by atoms with Gasteiger partial charge in [-0.3, -0.25) is 9.59 Å². The molecule has 0 spiro atoms. The van der Waals surface area contributed by atoms with Crippen LogP contribution in [0.4, 0.5) is 0 Å². The third kappa shape index (κ3) is 5.87. The predicted octanol–water partition coefficient (Wildman–Crippen LogP) is 4.66. The summed E-state index contributed by atoms with van der Waals surface area (Å²) in [5.41, 5.74) is 1.60. The number of nitrogens with zero attached hydrogens (tertiary/aromatic N) is 1. The average molecular weight is 437 g/mol. The van der Waals surface area contributed by atoms with E-state index in [1.807, 2.05) is 24.3 Å². The van der Waals surface area contributed by atoms with Crippen molar-refractivity contribution >= 4 is 35.0 Å². The summed E-state index contributed by atoms with van der Waals surface area (Å²) in [7, 11) is 1.53. The van der Waals surface area contributed by atoms with Gasteiger partial charge in [-0.2, -0.15) is 0 Å². The summed E-state index contributed by atoms with van der Waals surface area (Å²) in [5.74, 6) is 0.281. The number of amides is 2. The number of nitrogens with one attached hydrogen (secondary N) is 1. The maximum absolute atomic E-state index is 13.0. The fourth-order valence-corrected chi connectivity index (χ4v) is 3.47.